The zero-order valence-electron chi connectivity index (χ0n) is 10.6. The molecule has 17 heavy (non-hydrogen) atoms. The van der Waals surface area contributed by atoms with Gasteiger partial charge in [0.05, 0.1) is 13.2 Å². The molecule has 1 aliphatic heterocycles. The maximum atomic E-state index is 5.38. The first-order valence-corrected chi connectivity index (χ1v) is 6.42. The molecule has 1 N–H and O–H groups in total. The lowest BCUT2D eigenvalue weighted by atomic mass is 10.0. The molecule has 5 heteroatoms. The number of hydrogen-bond acceptors (Lipinski definition) is 5. The van der Waals surface area contributed by atoms with Crippen molar-refractivity contribution < 1.29 is 9.26 Å². The Morgan fingerprint density at radius 1 is 1.53 bits per heavy atom. The van der Waals surface area contributed by atoms with E-state index < -0.39 is 0 Å². The highest BCUT2D eigenvalue weighted by molar-refractivity contribution is 4.87. The topological polar surface area (TPSA) is 60.2 Å². The fourth-order valence-corrected chi connectivity index (χ4v) is 2.04. The summed E-state index contributed by atoms with van der Waals surface area (Å²) in [4.78, 5) is 4.33. The fraction of sp³-hybridized carbons (Fsp3) is 0.833. The summed E-state index contributed by atoms with van der Waals surface area (Å²) in [5.41, 5.74) is 0. The van der Waals surface area contributed by atoms with Crippen LogP contribution in [0.25, 0.3) is 0 Å². The molecule has 0 spiro atoms. The van der Waals surface area contributed by atoms with E-state index in [2.05, 4.69) is 29.3 Å². The van der Waals surface area contributed by atoms with Crippen LogP contribution >= 0.6 is 0 Å². The van der Waals surface area contributed by atoms with Gasteiger partial charge in [-0.25, -0.2) is 0 Å². The number of rotatable bonds is 6. The van der Waals surface area contributed by atoms with Crippen molar-refractivity contribution in [3.8, 4) is 0 Å². The van der Waals surface area contributed by atoms with Crippen LogP contribution in [0, 0.1) is 5.92 Å². The van der Waals surface area contributed by atoms with Gasteiger partial charge < -0.3 is 14.6 Å². The summed E-state index contributed by atoms with van der Waals surface area (Å²) in [6.45, 7) is 6.71. The van der Waals surface area contributed by atoms with Crippen molar-refractivity contribution in [1.82, 2.24) is 15.5 Å². The van der Waals surface area contributed by atoms with Crippen molar-refractivity contribution in [2.45, 2.75) is 45.7 Å². The molecule has 0 aliphatic carbocycles. The van der Waals surface area contributed by atoms with Gasteiger partial charge in [0, 0.05) is 19.1 Å². The van der Waals surface area contributed by atoms with E-state index in [1.165, 1.54) is 0 Å². The maximum Gasteiger partial charge on any atom is 0.226 e. The molecule has 2 heterocycles. The SMILES string of the molecule is CCCc1nc(CN[C@H](C)[C@@H]2CCOC2)no1. The molecule has 0 unspecified atom stereocenters. The van der Waals surface area contributed by atoms with E-state index in [0.29, 0.717) is 18.5 Å². The number of nitrogens with zero attached hydrogens (tertiary/aromatic N) is 2. The summed E-state index contributed by atoms with van der Waals surface area (Å²) in [5, 5.41) is 7.38. The van der Waals surface area contributed by atoms with Crippen molar-refractivity contribution in [3.63, 3.8) is 0 Å². The van der Waals surface area contributed by atoms with Crippen LogP contribution in [0.1, 0.15) is 38.4 Å². The van der Waals surface area contributed by atoms with Gasteiger partial charge in [0.2, 0.25) is 5.89 Å². The quantitative estimate of drug-likeness (QED) is 0.816. The van der Waals surface area contributed by atoms with Gasteiger partial charge in [-0.15, -0.1) is 0 Å². The number of ether oxygens (including phenoxy) is 1. The average molecular weight is 239 g/mol. The van der Waals surface area contributed by atoms with Crippen LogP contribution in [-0.2, 0) is 17.7 Å². The number of nitrogens with one attached hydrogen (secondary N) is 1. The molecule has 0 aromatic carbocycles. The Balaban J connectivity index is 1.76. The Hall–Kier alpha value is -0.940. The zero-order chi connectivity index (χ0) is 12.1. The van der Waals surface area contributed by atoms with Gasteiger partial charge in [-0.1, -0.05) is 12.1 Å². The molecule has 1 fully saturated rings. The third kappa shape index (κ3) is 3.51. The molecule has 0 saturated carbocycles. The van der Waals surface area contributed by atoms with Crippen molar-refractivity contribution in [3.05, 3.63) is 11.7 Å². The number of aryl methyl sites for hydroxylation is 1. The van der Waals surface area contributed by atoms with Crippen molar-refractivity contribution >= 4 is 0 Å². The predicted molar refractivity (Wildman–Crippen MR) is 63.5 cm³/mol. The first-order valence-electron chi connectivity index (χ1n) is 6.42. The normalized spacial score (nSPS) is 21.9. The van der Waals surface area contributed by atoms with Gasteiger partial charge in [0.25, 0.3) is 0 Å². The van der Waals surface area contributed by atoms with Crippen LogP contribution in [0.15, 0.2) is 4.52 Å². The van der Waals surface area contributed by atoms with E-state index in [9.17, 15) is 0 Å². The maximum absolute atomic E-state index is 5.38. The van der Waals surface area contributed by atoms with Crippen LogP contribution in [0.4, 0.5) is 0 Å². The molecule has 2 rings (SSSR count). The molecule has 1 saturated heterocycles. The predicted octanol–water partition coefficient (Wildman–Crippen LogP) is 1.54. The van der Waals surface area contributed by atoms with Gasteiger partial charge in [0.1, 0.15) is 0 Å². The van der Waals surface area contributed by atoms with E-state index in [-0.39, 0.29) is 0 Å². The molecular formula is C12H21N3O2. The van der Waals surface area contributed by atoms with Crippen molar-refractivity contribution in [2.24, 2.45) is 5.92 Å². The third-order valence-electron chi connectivity index (χ3n) is 3.23. The average Bonchev–Trinajstić information content (AvgIpc) is 2.97. The Morgan fingerprint density at radius 2 is 2.41 bits per heavy atom. The van der Waals surface area contributed by atoms with Crippen LogP contribution in [0.3, 0.4) is 0 Å². The van der Waals surface area contributed by atoms with Gasteiger partial charge in [0.15, 0.2) is 5.82 Å². The van der Waals surface area contributed by atoms with Crippen molar-refractivity contribution in [1.29, 1.82) is 0 Å². The zero-order valence-corrected chi connectivity index (χ0v) is 10.6. The van der Waals surface area contributed by atoms with E-state index >= 15 is 0 Å². The van der Waals surface area contributed by atoms with Crippen LogP contribution in [0.2, 0.25) is 0 Å². The summed E-state index contributed by atoms with van der Waals surface area (Å²) in [5.74, 6) is 2.09. The summed E-state index contributed by atoms with van der Waals surface area (Å²) >= 11 is 0. The first kappa shape index (κ1) is 12.5. The summed E-state index contributed by atoms with van der Waals surface area (Å²) < 4.78 is 10.5. The largest absolute Gasteiger partial charge is 0.381 e. The van der Waals surface area contributed by atoms with Crippen molar-refractivity contribution in [2.75, 3.05) is 13.2 Å². The second kappa shape index (κ2) is 6.12. The molecule has 0 amide bonds. The molecule has 1 aromatic heterocycles. The Bertz CT molecular complexity index is 334. The van der Waals surface area contributed by atoms with Gasteiger partial charge in [-0.05, 0) is 25.7 Å². The Labute approximate surface area is 102 Å². The minimum atomic E-state index is 0.436. The van der Waals surface area contributed by atoms with E-state index in [4.69, 9.17) is 9.26 Å². The lowest BCUT2D eigenvalue weighted by molar-refractivity contribution is 0.178. The molecule has 96 valence electrons. The minimum absolute atomic E-state index is 0.436. The number of aromatic nitrogens is 2. The lowest BCUT2D eigenvalue weighted by Gasteiger charge is -2.17. The van der Waals surface area contributed by atoms with Crippen LogP contribution in [0.5, 0.6) is 0 Å². The van der Waals surface area contributed by atoms with E-state index in [1.54, 1.807) is 0 Å². The Morgan fingerprint density at radius 3 is 3.12 bits per heavy atom. The molecule has 0 radical (unpaired) electrons. The second-order valence-electron chi connectivity index (χ2n) is 4.65. The molecule has 0 bridgehead atoms. The Kier molecular flexibility index (Phi) is 4.50. The fourth-order valence-electron chi connectivity index (χ4n) is 2.04. The molecule has 5 nitrogen and oxygen atoms in total. The highest BCUT2D eigenvalue weighted by atomic mass is 16.5. The highest BCUT2D eigenvalue weighted by Crippen LogP contribution is 2.16. The van der Waals surface area contributed by atoms with Crippen LogP contribution in [-0.4, -0.2) is 29.4 Å². The van der Waals surface area contributed by atoms with Gasteiger partial charge in [-0.3, -0.25) is 0 Å². The van der Waals surface area contributed by atoms with Gasteiger partial charge >= 0.3 is 0 Å². The number of hydrogen-bond donors (Lipinski definition) is 1. The van der Waals surface area contributed by atoms with Crippen LogP contribution < -0.4 is 5.32 Å². The molecule has 1 aromatic rings. The second-order valence-corrected chi connectivity index (χ2v) is 4.65. The van der Waals surface area contributed by atoms with Gasteiger partial charge in [-0.2, -0.15) is 4.98 Å². The van der Waals surface area contributed by atoms with E-state index in [1.807, 2.05) is 0 Å². The summed E-state index contributed by atoms with van der Waals surface area (Å²) in [6, 6.07) is 0.436. The minimum Gasteiger partial charge on any atom is -0.381 e. The first-order chi connectivity index (χ1) is 8.29. The summed E-state index contributed by atoms with van der Waals surface area (Å²) in [7, 11) is 0. The lowest BCUT2D eigenvalue weighted by Crippen LogP contribution is -2.33. The summed E-state index contributed by atoms with van der Waals surface area (Å²) in [6.07, 6.45) is 3.03. The smallest absolute Gasteiger partial charge is 0.226 e. The monoisotopic (exact) mass is 239 g/mol. The molecule has 1 aliphatic rings. The standard InChI is InChI=1S/C12H21N3O2/c1-3-4-12-14-11(15-17-12)7-13-9(2)10-5-6-16-8-10/h9-10,13H,3-8H2,1-2H3/t9-,10-/m1/s1. The molecule has 2 atom stereocenters. The van der Waals surface area contributed by atoms with E-state index in [0.717, 1.165) is 44.2 Å². The highest BCUT2D eigenvalue weighted by Gasteiger charge is 2.22. The third-order valence-corrected chi connectivity index (χ3v) is 3.23. The molecular weight excluding hydrogens is 218 g/mol.